The minimum absolute atomic E-state index is 0.0220. The molecule has 0 aliphatic carbocycles. The van der Waals surface area contributed by atoms with Crippen molar-refractivity contribution in [2.75, 3.05) is 7.05 Å². The fourth-order valence-electron chi connectivity index (χ4n) is 2.94. The lowest BCUT2D eigenvalue weighted by Gasteiger charge is -2.25. The minimum atomic E-state index is -0.0586. The average molecular weight is 408 g/mol. The second-order valence-electron chi connectivity index (χ2n) is 6.60. The maximum absolute atomic E-state index is 12.6. The van der Waals surface area contributed by atoms with Crippen LogP contribution in [0.5, 0.6) is 0 Å². The molecule has 0 aliphatic rings. The molecule has 0 unspecified atom stereocenters. The van der Waals surface area contributed by atoms with Crippen LogP contribution in [0.1, 0.15) is 30.8 Å². The van der Waals surface area contributed by atoms with Crippen molar-refractivity contribution in [1.29, 1.82) is 0 Å². The number of thiophene rings is 1. The summed E-state index contributed by atoms with van der Waals surface area (Å²) in [5.41, 5.74) is 1.97. The predicted molar refractivity (Wildman–Crippen MR) is 108 cm³/mol. The Labute approximate surface area is 171 Å². The number of aryl methyl sites for hydroxylation is 1. The van der Waals surface area contributed by atoms with Gasteiger partial charge in [0.1, 0.15) is 12.7 Å². The van der Waals surface area contributed by atoms with Crippen LogP contribution in [0.4, 0.5) is 0 Å². The van der Waals surface area contributed by atoms with E-state index in [-0.39, 0.29) is 11.9 Å². The van der Waals surface area contributed by atoms with Gasteiger partial charge in [-0.2, -0.15) is 10.1 Å². The highest BCUT2D eigenvalue weighted by Gasteiger charge is 2.19. The zero-order valence-electron chi connectivity index (χ0n) is 16.1. The quantitative estimate of drug-likeness (QED) is 0.465. The highest BCUT2D eigenvalue weighted by Crippen LogP contribution is 2.23. The molecule has 1 amide bonds. The second-order valence-corrected chi connectivity index (χ2v) is 7.55. The molecule has 3 aromatic heterocycles. The number of carbonyl (C=O) groups is 1. The van der Waals surface area contributed by atoms with Crippen LogP contribution in [-0.2, 0) is 11.2 Å². The molecule has 0 bridgehead atoms. The highest BCUT2D eigenvalue weighted by atomic mass is 32.1. The third-order valence-electron chi connectivity index (χ3n) is 4.80. The lowest BCUT2D eigenvalue weighted by Crippen LogP contribution is -2.29. The van der Waals surface area contributed by atoms with Crippen LogP contribution in [0.2, 0.25) is 0 Å². The monoisotopic (exact) mass is 408 g/mol. The summed E-state index contributed by atoms with van der Waals surface area (Å²) in [5.74, 6) is 1.06. The molecule has 9 heteroatoms. The lowest BCUT2D eigenvalue weighted by molar-refractivity contribution is -0.131. The molecule has 0 spiro atoms. The molecule has 0 radical (unpaired) electrons. The van der Waals surface area contributed by atoms with Crippen LogP contribution in [0.15, 0.2) is 59.0 Å². The van der Waals surface area contributed by atoms with E-state index in [1.54, 1.807) is 27.2 Å². The Bertz CT molecular complexity index is 1060. The van der Waals surface area contributed by atoms with Crippen LogP contribution >= 0.6 is 11.3 Å². The summed E-state index contributed by atoms with van der Waals surface area (Å²) < 4.78 is 6.97. The molecule has 4 rings (SSSR count). The number of rotatable bonds is 7. The summed E-state index contributed by atoms with van der Waals surface area (Å²) in [5, 5.41) is 10.1. The minimum Gasteiger partial charge on any atom is -0.339 e. The number of benzene rings is 1. The molecule has 4 aromatic rings. The van der Waals surface area contributed by atoms with Crippen molar-refractivity contribution in [1.82, 2.24) is 29.8 Å². The second kappa shape index (κ2) is 8.36. The lowest BCUT2D eigenvalue weighted by atomic mass is 10.1. The van der Waals surface area contributed by atoms with Crippen molar-refractivity contribution in [3.05, 3.63) is 65.9 Å². The maximum atomic E-state index is 12.6. The molecule has 1 atom stereocenters. The topological polar surface area (TPSA) is 89.9 Å². The van der Waals surface area contributed by atoms with E-state index in [9.17, 15) is 4.79 Å². The molecular formula is C20H20N6O2S. The molecule has 29 heavy (non-hydrogen) atoms. The molecule has 0 saturated carbocycles. The highest BCUT2D eigenvalue weighted by molar-refractivity contribution is 7.13. The van der Waals surface area contributed by atoms with Gasteiger partial charge < -0.3 is 9.42 Å². The summed E-state index contributed by atoms with van der Waals surface area (Å²) in [6, 6.07) is 11.7. The van der Waals surface area contributed by atoms with E-state index in [1.165, 1.54) is 6.33 Å². The number of aromatic nitrogens is 5. The van der Waals surface area contributed by atoms with E-state index in [1.807, 2.05) is 55.7 Å². The van der Waals surface area contributed by atoms with E-state index in [2.05, 4.69) is 20.2 Å². The third kappa shape index (κ3) is 4.24. The zero-order chi connectivity index (χ0) is 20.2. The average Bonchev–Trinajstić information content (AvgIpc) is 3.52. The van der Waals surface area contributed by atoms with Gasteiger partial charge in [0.15, 0.2) is 0 Å². The molecule has 0 aliphatic heterocycles. The molecule has 8 nitrogen and oxygen atoms in total. The number of carbonyl (C=O) groups excluding carboxylic acids is 1. The van der Waals surface area contributed by atoms with Gasteiger partial charge in [0.25, 0.3) is 0 Å². The van der Waals surface area contributed by atoms with Gasteiger partial charge in [-0.3, -0.25) is 4.79 Å². The van der Waals surface area contributed by atoms with Gasteiger partial charge in [0.2, 0.25) is 17.6 Å². The van der Waals surface area contributed by atoms with Crippen LogP contribution in [-0.4, -0.2) is 42.8 Å². The first-order valence-electron chi connectivity index (χ1n) is 9.19. The first-order valence-corrected chi connectivity index (χ1v) is 10.1. The van der Waals surface area contributed by atoms with Crippen molar-refractivity contribution < 1.29 is 9.32 Å². The first-order chi connectivity index (χ1) is 14.1. The Morgan fingerprint density at radius 1 is 1.28 bits per heavy atom. The summed E-state index contributed by atoms with van der Waals surface area (Å²) in [6.07, 6.45) is 3.87. The predicted octanol–water partition coefficient (Wildman–Crippen LogP) is 3.53. The Morgan fingerprint density at radius 3 is 2.79 bits per heavy atom. The van der Waals surface area contributed by atoms with Gasteiger partial charge in [-0.25, -0.2) is 9.67 Å². The summed E-state index contributed by atoms with van der Waals surface area (Å²) in [7, 11) is 1.81. The fourth-order valence-corrected chi connectivity index (χ4v) is 3.59. The molecule has 0 fully saturated rings. The third-order valence-corrected chi connectivity index (χ3v) is 5.66. The largest absolute Gasteiger partial charge is 0.339 e. The van der Waals surface area contributed by atoms with Crippen LogP contribution in [0, 0.1) is 0 Å². The maximum Gasteiger partial charge on any atom is 0.227 e. The summed E-state index contributed by atoms with van der Waals surface area (Å²) >= 11 is 1.55. The number of nitrogens with zero attached hydrogens (tertiary/aromatic N) is 6. The number of amides is 1. The standard InChI is InChI=1S/C20H20N6O2S/c1-14(15-5-7-16(8-6-15)26-13-21-12-22-26)25(2)19(27)10-9-18-23-20(24-28-18)17-4-3-11-29-17/h3-8,11-14H,9-10H2,1-2H3/t14-/m1/s1. The first kappa shape index (κ1) is 19.0. The van der Waals surface area contributed by atoms with Gasteiger partial charge in [0.05, 0.1) is 16.6 Å². The van der Waals surface area contributed by atoms with Crippen LogP contribution in [0.25, 0.3) is 16.4 Å². The van der Waals surface area contributed by atoms with Crippen molar-refractivity contribution in [3.63, 3.8) is 0 Å². The molecular weight excluding hydrogens is 388 g/mol. The van der Waals surface area contributed by atoms with E-state index in [4.69, 9.17) is 4.52 Å². The van der Waals surface area contributed by atoms with E-state index >= 15 is 0 Å². The normalized spacial score (nSPS) is 12.1. The molecule has 3 heterocycles. The van der Waals surface area contributed by atoms with Crippen LogP contribution < -0.4 is 0 Å². The number of hydrogen-bond donors (Lipinski definition) is 0. The Morgan fingerprint density at radius 2 is 2.10 bits per heavy atom. The molecule has 148 valence electrons. The Hall–Kier alpha value is -3.33. The summed E-state index contributed by atoms with van der Waals surface area (Å²) in [6.45, 7) is 2.00. The van der Waals surface area contributed by atoms with Crippen molar-refractivity contribution >= 4 is 17.2 Å². The van der Waals surface area contributed by atoms with Gasteiger partial charge in [-0.05, 0) is 36.1 Å². The van der Waals surface area contributed by atoms with Crippen LogP contribution in [0.3, 0.4) is 0 Å². The van der Waals surface area contributed by atoms with Gasteiger partial charge in [-0.1, -0.05) is 23.4 Å². The van der Waals surface area contributed by atoms with Gasteiger partial charge in [-0.15, -0.1) is 11.3 Å². The smallest absolute Gasteiger partial charge is 0.227 e. The van der Waals surface area contributed by atoms with Crippen molar-refractivity contribution in [3.8, 4) is 16.4 Å². The summed E-state index contributed by atoms with van der Waals surface area (Å²) in [4.78, 5) is 23.6. The van der Waals surface area contributed by atoms with E-state index < -0.39 is 0 Å². The van der Waals surface area contributed by atoms with Gasteiger partial charge in [0, 0.05) is 19.9 Å². The molecule has 1 aromatic carbocycles. The van der Waals surface area contributed by atoms with Gasteiger partial charge >= 0.3 is 0 Å². The fraction of sp³-hybridized carbons (Fsp3) is 0.250. The molecule has 0 saturated heterocycles. The van der Waals surface area contributed by atoms with E-state index in [0.29, 0.717) is 24.6 Å². The Kier molecular flexibility index (Phi) is 5.48. The zero-order valence-corrected chi connectivity index (χ0v) is 16.9. The van der Waals surface area contributed by atoms with Crippen molar-refractivity contribution in [2.24, 2.45) is 0 Å². The number of hydrogen-bond acceptors (Lipinski definition) is 7. The van der Waals surface area contributed by atoms with Crippen molar-refractivity contribution in [2.45, 2.75) is 25.8 Å². The Balaban J connectivity index is 1.35. The SMILES string of the molecule is C[C@H](c1ccc(-n2cncn2)cc1)N(C)C(=O)CCc1nc(-c2cccs2)no1. The molecule has 0 N–H and O–H groups in total. The van der Waals surface area contributed by atoms with E-state index in [0.717, 1.165) is 16.1 Å².